The Balaban J connectivity index is 2.10. The van der Waals surface area contributed by atoms with Crippen LogP contribution in [-0.4, -0.2) is 17.3 Å². The van der Waals surface area contributed by atoms with Crippen molar-refractivity contribution in [3.63, 3.8) is 0 Å². The summed E-state index contributed by atoms with van der Waals surface area (Å²) in [5, 5.41) is 10.8. The van der Waals surface area contributed by atoms with Crippen LogP contribution in [0.25, 0.3) is 0 Å². The van der Waals surface area contributed by atoms with Crippen molar-refractivity contribution in [2.45, 2.75) is 0 Å². The van der Waals surface area contributed by atoms with E-state index >= 15 is 0 Å². The molecule has 0 spiro atoms. The number of benzene rings is 1. The van der Waals surface area contributed by atoms with Crippen molar-refractivity contribution < 1.29 is 14.5 Å². The van der Waals surface area contributed by atoms with Gasteiger partial charge in [0.2, 0.25) is 5.78 Å². The standard InChI is InChI=1S/C12H7BrClNO4S/c13-12-7(15(17)18)2-1-3-9(12)19-6-8(16)10-4-5-11(14)20-10/h1-5H,6H2. The first-order valence-electron chi connectivity index (χ1n) is 5.33. The van der Waals surface area contributed by atoms with E-state index in [-0.39, 0.29) is 28.3 Å². The van der Waals surface area contributed by atoms with Crippen LogP contribution in [0.1, 0.15) is 9.67 Å². The molecule has 1 aromatic carbocycles. The fourth-order valence-electron chi connectivity index (χ4n) is 1.43. The Morgan fingerprint density at radius 3 is 2.75 bits per heavy atom. The van der Waals surface area contributed by atoms with E-state index in [0.29, 0.717) is 9.21 Å². The van der Waals surface area contributed by atoms with Gasteiger partial charge in [0, 0.05) is 6.07 Å². The molecule has 2 rings (SSSR count). The Labute approximate surface area is 131 Å². The van der Waals surface area contributed by atoms with Gasteiger partial charge in [0.1, 0.15) is 10.2 Å². The minimum absolute atomic E-state index is 0.117. The molecule has 104 valence electrons. The summed E-state index contributed by atoms with van der Waals surface area (Å²) in [6.45, 7) is -0.212. The molecule has 0 saturated carbocycles. The van der Waals surface area contributed by atoms with Crippen LogP contribution >= 0.6 is 38.9 Å². The van der Waals surface area contributed by atoms with E-state index < -0.39 is 4.92 Å². The van der Waals surface area contributed by atoms with Gasteiger partial charge in [-0.05, 0) is 34.1 Å². The molecule has 0 saturated heterocycles. The Bertz CT molecular complexity index is 673. The largest absolute Gasteiger partial charge is 0.484 e. The predicted molar refractivity (Wildman–Crippen MR) is 80.0 cm³/mol. The van der Waals surface area contributed by atoms with Crippen molar-refractivity contribution in [2.75, 3.05) is 6.61 Å². The highest BCUT2D eigenvalue weighted by Crippen LogP contribution is 2.33. The molecule has 0 fully saturated rings. The molecule has 8 heteroatoms. The highest BCUT2D eigenvalue weighted by molar-refractivity contribution is 9.10. The summed E-state index contributed by atoms with van der Waals surface area (Å²) in [5.41, 5.74) is -0.117. The van der Waals surface area contributed by atoms with Crippen LogP contribution in [0.15, 0.2) is 34.8 Å². The zero-order chi connectivity index (χ0) is 14.7. The Morgan fingerprint density at radius 2 is 2.15 bits per heavy atom. The first-order valence-corrected chi connectivity index (χ1v) is 7.32. The van der Waals surface area contributed by atoms with Gasteiger partial charge in [-0.3, -0.25) is 14.9 Å². The van der Waals surface area contributed by atoms with E-state index in [4.69, 9.17) is 16.3 Å². The number of hydrogen-bond donors (Lipinski definition) is 0. The maximum absolute atomic E-state index is 11.8. The smallest absolute Gasteiger partial charge is 0.287 e. The minimum Gasteiger partial charge on any atom is -0.484 e. The van der Waals surface area contributed by atoms with Crippen molar-refractivity contribution in [3.8, 4) is 5.75 Å². The van der Waals surface area contributed by atoms with E-state index in [0.717, 1.165) is 11.3 Å². The third-order valence-corrected chi connectivity index (χ3v) is 4.42. The van der Waals surface area contributed by atoms with Gasteiger partial charge in [-0.15, -0.1) is 11.3 Å². The third kappa shape index (κ3) is 3.36. The molecule has 20 heavy (non-hydrogen) atoms. The van der Waals surface area contributed by atoms with Crippen LogP contribution in [-0.2, 0) is 0 Å². The summed E-state index contributed by atoms with van der Waals surface area (Å²) >= 11 is 10.0. The molecular formula is C12H7BrClNO4S. The quantitative estimate of drug-likeness (QED) is 0.442. The second kappa shape index (κ2) is 6.34. The third-order valence-electron chi connectivity index (χ3n) is 2.35. The summed E-state index contributed by atoms with van der Waals surface area (Å²) in [6, 6.07) is 7.62. The van der Waals surface area contributed by atoms with Gasteiger partial charge >= 0.3 is 0 Å². The number of carbonyl (C=O) groups is 1. The van der Waals surface area contributed by atoms with E-state index in [1.807, 2.05) is 0 Å². The summed E-state index contributed by atoms with van der Waals surface area (Å²) in [4.78, 5) is 22.6. The first-order chi connectivity index (χ1) is 9.49. The fourth-order valence-corrected chi connectivity index (χ4v) is 2.92. The number of thiophene rings is 1. The number of ketones is 1. The normalized spacial score (nSPS) is 10.3. The number of ether oxygens (including phenoxy) is 1. The van der Waals surface area contributed by atoms with Gasteiger partial charge in [-0.25, -0.2) is 0 Å². The molecule has 0 aliphatic heterocycles. The molecule has 5 nitrogen and oxygen atoms in total. The van der Waals surface area contributed by atoms with Crippen molar-refractivity contribution >= 4 is 50.3 Å². The Morgan fingerprint density at radius 1 is 1.40 bits per heavy atom. The van der Waals surface area contributed by atoms with Gasteiger partial charge in [0.25, 0.3) is 5.69 Å². The van der Waals surface area contributed by atoms with Crippen LogP contribution in [0.2, 0.25) is 4.34 Å². The topological polar surface area (TPSA) is 69.4 Å². The predicted octanol–water partition coefficient (Wildman–Crippen LogP) is 4.33. The molecule has 0 N–H and O–H groups in total. The first kappa shape index (κ1) is 15.0. The lowest BCUT2D eigenvalue weighted by atomic mass is 10.3. The van der Waals surface area contributed by atoms with Crippen LogP contribution in [0.4, 0.5) is 5.69 Å². The molecule has 1 heterocycles. The maximum Gasteiger partial charge on any atom is 0.287 e. The summed E-state index contributed by atoms with van der Waals surface area (Å²) in [7, 11) is 0. The van der Waals surface area contributed by atoms with E-state index in [1.165, 1.54) is 12.1 Å². The van der Waals surface area contributed by atoms with Crippen molar-refractivity contribution in [3.05, 3.63) is 54.1 Å². The molecule has 0 radical (unpaired) electrons. The number of nitro groups is 1. The van der Waals surface area contributed by atoms with Gasteiger partial charge in [-0.2, -0.15) is 0 Å². The lowest BCUT2D eigenvalue weighted by molar-refractivity contribution is -0.385. The zero-order valence-electron chi connectivity index (χ0n) is 9.84. The number of nitro benzene ring substituents is 1. The average molecular weight is 377 g/mol. The number of Topliss-reactive ketones (excluding diaryl/α,β-unsaturated/α-hetero) is 1. The summed E-state index contributed by atoms with van der Waals surface area (Å²) in [5.74, 6) is 0.00973. The number of nitrogens with zero attached hydrogens (tertiary/aromatic N) is 1. The molecule has 0 aliphatic rings. The van der Waals surface area contributed by atoms with Crippen LogP contribution in [0.5, 0.6) is 5.75 Å². The number of hydrogen-bond acceptors (Lipinski definition) is 5. The van der Waals surface area contributed by atoms with Crippen molar-refractivity contribution in [2.24, 2.45) is 0 Å². The van der Waals surface area contributed by atoms with Crippen LogP contribution in [0.3, 0.4) is 0 Å². The Kier molecular flexibility index (Phi) is 4.74. The number of halogens is 2. The monoisotopic (exact) mass is 375 g/mol. The number of carbonyl (C=O) groups excluding carboxylic acids is 1. The van der Waals surface area contributed by atoms with E-state index in [1.54, 1.807) is 18.2 Å². The molecule has 0 bridgehead atoms. The van der Waals surface area contributed by atoms with Crippen molar-refractivity contribution in [1.82, 2.24) is 0 Å². The highest BCUT2D eigenvalue weighted by atomic mass is 79.9. The lowest BCUT2D eigenvalue weighted by Crippen LogP contribution is -2.10. The van der Waals surface area contributed by atoms with Gasteiger partial charge in [-0.1, -0.05) is 17.7 Å². The molecule has 0 atom stereocenters. The minimum atomic E-state index is -0.530. The molecule has 0 unspecified atom stereocenters. The zero-order valence-corrected chi connectivity index (χ0v) is 13.0. The fraction of sp³-hybridized carbons (Fsp3) is 0.0833. The summed E-state index contributed by atoms with van der Waals surface area (Å²) < 4.78 is 6.04. The SMILES string of the molecule is O=C(COc1cccc([N+](=O)[O-])c1Br)c1ccc(Cl)s1. The lowest BCUT2D eigenvalue weighted by Gasteiger charge is -2.06. The van der Waals surface area contributed by atoms with Crippen molar-refractivity contribution in [1.29, 1.82) is 0 Å². The molecule has 1 aromatic heterocycles. The Hall–Kier alpha value is -1.44. The van der Waals surface area contributed by atoms with E-state index in [2.05, 4.69) is 15.9 Å². The van der Waals surface area contributed by atoms with Gasteiger partial charge in [0.05, 0.1) is 14.1 Å². The van der Waals surface area contributed by atoms with Crippen LogP contribution < -0.4 is 4.74 Å². The van der Waals surface area contributed by atoms with Crippen LogP contribution in [0, 0.1) is 10.1 Å². The maximum atomic E-state index is 11.8. The second-order valence-corrected chi connectivity index (χ2v) is 6.17. The molecule has 0 amide bonds. The molecule has 2 aromatic rings. The number of rotatable bonds is 5. The molecule has 0 aliphatic carbocycles. The van der Waals surface area contributed by atoms with Gasteiger partial charge < -0.3 is 4.74 Å². The second-order valence-electron chi connectivity index (χ2n) is 3.66. The summed E-state index contributed by atoms with van der Waals surface area (Å²) in [6.07, 6.45) is 0. The average Bonchev–Trinajstić information content (AvgIpc) is 2.83. The molecular weight excluding hydrogens is 370 g/mol. The van der Waals surface area contributed by atoms with E-state index in [9.17, 15) is 14.9 Å². The van der Waals surface area contributed by atoms with Gasteiger partial charge in [0.15, 0.2) is 6.61 Å². The highest BCUT2D eigenvalue weighted by Gasteiger charge is 2.17.